The molecule has 1 heterocycles. The molecule has 8 nitrogen and oxygen atoms in total. The molecule has 0 aliphatic heterocycles. The standard InChI is InChI=1S/C30H28F2N4O4/c1-18(33-2)28(37)35-26-11-12-27(20-5-4-6-21(15-20)29(38)34-3)36(30(26)39)17-19-13-23(32)16-25(14-19)40-24-9-7-22(31)8-10-24/h4-16,18,33H,17H2,1-3H3,(H,34,38)(H,35,37). The highest BCUT2D eigenvalue weighted by molar-refractivity contribution is 5.95. The molecule has 0 spiro atoms. The molecule has 0 aliphatic carbocycles. The van der Waals surface area contributed by atoms with Gasteiger partial charge in [-0.3, -0.25) is 14.4 Å². The average molecular weight is 547 g/mol. The topological polar surface area (TPSA) is 101 Å². The summed E-state index contributed by atoms with van der Waals surface area (Å²) < 4.78 is 35.0. The van der Waals surface area contributed by atoms with Crippen LogP contribution in [0.3, 0.4) is 0 Å². The van der Waals surface area contributed by atoms with Crippen molar-refractivity contribution in [2.24, 2.45) is 0 Å². The Hall–Kier alpha value is -4.83. The minimum Gasteiger partial charge on any atom is -0.457 e. The van der Waals surface area contributed by atoms with E-state index in [2.05, 4.69) is 16.0 Å². The molecular formula is C30H28F2N4O4. The average Bonchev–Trinajstić information content (AvgIpc) is 2.95. The Balaban J connectivity index is 1.78. The minimum absolute atomic E-state index is 0.0393. The van der Waals surface area contributed by atoms with Gasteiger partial charge in [-0.25, -0.2) is 8.78 Å². The van der Waals surface area contributed by atoms with Gasteiger partial charge in [0.1, 0.15) is 28.8 Å². The highest BCUT2D eigenvalue weighted by Gasteiger charge is 2.17. The molecule has 206 valence electrons. The molecule has 1 unspecified atom stereocenters. The van der Waals surface area contributed by atoms with Crippen molar-refractivity contribution >= 4 is 17.5 Å². The van der Waals surface area contributed by atoms with Crippen LogP contribution in [-0.2, 0) is 11.3 Å². The number of likely N-dealkylation sites (N-methyl/N-ethyl adjacent to an activating group) is 1. The molecule has 10 heteroatoms. The van der Waals surface area contributed by atoms with Gasteiger partial charge >= 0.3 is 0 Å². The van der Waals surface area contributed by atoms with Crippen LogP contribution in [0.2, 0.25) is 0 Å². The predicted octanol–water partition coefficient (Wildman–Crippen LogP) is 4.54. The van der Waals surface area contributed by atoms with E-state index in [0.29, 0.717) is 28.1 Å². The molecule has 3 aromatic carbocycles. The number of benzene rings is 3. The largest absolute Gasteiger partial charge is 0.457 e. The lowest BCUT2D eigenvalue weighted by Crippen LogP contribution is -2.37. The third-order valence-corrected chi connectivity index (χ3v) is 6.23. The Morgan fingerprint density at radius 2 is 1.65 bits per heavy atom. The number of nitrogens with zero attached hydrogens (tertiary/aromatic N) is 1. The van der Waals surface area contributed by atoms with E-state index in [4.69, 9.17) is 4.74 Å². The van der Waals surface area contributed by atoms with Gasteiger partial charge in [0.2, 0.25) is 5.91 Å². The van der Waals surface area contributed by atoms with Gasteiger partial charge in [-0.05, 0) is 85.8 Å². The van der Waals surface area contributed by atoms with Crippen molar-refractivity contribution in [2.75, 3.05) is 19.4 Å². The predicted molar refractivity (Wildman–Crippen MR) is 149 cm³/mol. The Bertz CT molecular complexity index is 1600. The van der Waals surface area contributed by atoms with Crippen LogP contribution >= 0.6 is 0 Å². The summed E-state index contributed by atoms with van der Waals surface area (Å²) in [5, 5.41) is 8.03. The van der Waals surface area contributed by atoms with Crippen molar-refractivity contribution in [3.63, 3.8) is 0 Å². The van der Waals surface area contributed by atoms with Gasteiger partial charge in [0, 0.05) is 18.7 Å². The molecule has 0 aliphatic rings. The number of amides is 2. The first kappa shape index (κ1) is 28.2. The maximum absolute atomic E-state index is 14.6. The summed E-state index contributed by atoms with van der Waals surface area (Å²) in [6.07, 6.45) is 0. The number of anilines is 1. The number of rotatable bonds is 9. The fourth-order valence-corrected chi connectivity index (χ4v) is 4.01. The van der Waals surface area contributed by atoms with Crippen LogP contribution in [-0.4, -0.2) is 36.5 Å². The molecule has 0 fully saturated rings. The van der Waals surface area contributed by atoms with E-state index in [1.165, 1.54) is 54.1 Å². The number of nitrogens with one attached hydrogen (secondary N) is 3. The fraction of sp³-hybridized carbons (Fsp3) is 0.167. The van der Waals surface area contributed by atoms with E-state index in [-0.39, 0.29) is 23.9 Å². The normalized spacial score (nSPS) is 11.5. The molecule has 4 aromatic rings. The van der Waals surface area contributed by atoms with E-state index in [0.717, 1.165) is 0 Å². The van der Waals surface area contributed by atoms with Gasteiger partial charge in [-0.15, -0.1) is 0 Å². The first-order valence-corrected chi connectivity index (χ1v) is 12.5. The Morgan fingerprint density at radius 1 is 0.900 bits per heavy atom. The lowest BCUT2D eigenvalue weighted by atomic mass is 10.1. The number of hydrogen-bond donors (Lipinski definition) is 3. The van der Waals surface area contributed by atoms with Crippen molar-refractivity contribution < 1.29 is 23.1 Å². The van der Waals surface area contributed by atoms with Crippen LogP contribution in [0, 0.1) is 11.6 Å². The first-order valence-electron chi connectivity index (χ1n) is 12.5. The third kappa shape index (κ3) is 6.59. The van der Waals surface area contributed by atoms with Crippen LogP contribution in [0.1, 0.15) is 22.8 Å². The number of hydrogen-bond acceptors (Lipinski definition) is 5. The Labute approximate surface area is 229 Å². The van der Waals surface area contributed by atoms with Crippen LogP contribution in [0.15, 0.2) is 83.7 Å². The van der Waals surface area contributed by atoms with E-state index in [9.17, 15) is 23.2 Å². The van der Waals surface area contributed by atoms with Crippen LogP contribution < -0.4 is 26.2 Å². The zero-order chi connectivity index (χ0) is 28.8. The number of carbonyl (C=O) groups is 2. The molecule has 2 amide bonds. The van der Waals surface area contributed by atoms with Crippen LogP contribution in [0.5, 0.6) is 11.5 Å². The smallest absolute Gasteiger partial charge is 0.275 e. The monoisotopic (exact) mass is 546 g/mol. The lowest BCUT2D eigenvalue weighted by Gasteiger charge is -2.18. The van der Waals surface area contributed by atoms with Crippen molar-refractivity contribution in [3.8, 4) is 22.8 Å². The second kappa shape index (κ2) is 12.4. The Kier molecular flexibility index (Phi) is 8.70. The molecule has 3 N–H and O–H groups in total. The van der Waals surface area contributed by atoms with E-state index in [1.54, 1.807) is 50.4 Å². The zero-order valence-electron chi connectivity index (χ0n) is 22.1. The summed E-state index contributed by atoms with van der Waals surface area (Å²) in [6.45, 7) is 1.57. The van der Waals surface area contributed by atoms with E-state index >= 15 is 0 Å². The molecule has 4 rings (SSSR count). The molecule has 1 atom stereocenters. The van der Waals surface area contributed by atoms with Crippen LogP contribution in [0.4, 0.5) is 14.5 Å². The van der Waals surface area contributed by atoms with Gasteiger partial charge < -0.3 is 25.3 Å². The number of ether oxygens (including phenoxy) is 1. The summed E-state index contributed by atoms with van der Waals surface area (Å²) in [5.74, 6) is -1.26. The van der Waals surface area contributed by atoms with Crippen LogP contribution in [0.25, 0.3) is 11.3 Å². The summed E-state index contributed by atoms with van der Waals surface area (Å²) in [7, 11) is 3.14. The molecule has 0 bridgehead atoms. The molecule has 1 aromatic heterocycles. The van der Waals surface area contributed by atoms with Gasteiger partial charge in [0.15, 0.2) is 0 Å². The molecule has 0 radical (unpaired) electrons. The SMILES string of the molecule is CNC(=O)c1cccc(-c2ccc(NC(=O)C(C)NC)c(=O)n2Cc2cc(F)cc(Oc3ccc(F)cc3)c2)c1. The minimum atomic E-state index is -0.599. The Morgan fingerprint density at radius 3 is 2.35 bits per heavy atom. The van der Waals surface area contributed by atoms with Crippen molar-refractivity contribution in [1.29, 1.82) is 0 Å². The zero-order valence-corrected chi connectivity index (χ0v) is 22.1. The van der Waals surface area contributed by atoms with Crippen molar-refractivity contribution in [3.05, 3.63) is 112 Å². The summed E-state index contributed by atoms with van der Waals surface area (Å²) in [5.41, 5.74) is 1.32. The molecular weight excluding hydrogens is 518 g/mol. The highest BCUT2D eigenvalue weighted by Crippen LogP contribution is 2.26. The maximum atomic E-state index is 14.6. The van der Waals surface area contributed by atoms with E-state index in [1.807, 2.05) is 0 Å². The third-order valence-electron chi connectivity index (χ3n) is 6.23. The van der Waals surface area contributed by atoms with Gasteiger partial charge in [-0.1, -0.05) is 12.1 Å². The second-order valence-corrected chi connectivity index (χ2v) is 9.03. The fourth-order valence-electron chi connectivity index (χ4n) is 4.01. The summed E-state index contributed by atoms with van der Waals surface area (Å²) in [6, 6.07) is 18.6. The number of aromatic nitrogens is 1. The number of pyridine rings is 1. The van der Waals surface area contributed by atoms with Crippen molar-refractivity contribution in [2.45, 2.75) is 19.5 Å². The lowest BCUT2D eigenvalue weighted by molar-refractivity contribution is -0.117. The quantitative estimate of drug-likeness (QED) is 0.286. The van der Waals surface area contributed by atoms with E-state index < -0.39 is 29.1 Å². The van der Waals surface area contributed by atoms with Gasteiger partial charge in [0.25, 0.3) is 11.5 Å². The highest BCUT2D eigenvalue weighted by atomic mass is 19.1. The maximum Gasteiger partial charge on any atom is 0.275 e. The summed E-state index contributed by atoms with van der Waals surface area (Å²) in [4.78, 5) is 38.4. The summed E-state index contributed by atoms with van der Waals surface area (Å²) >= 11 is 0. The molecule has 40 heavy (non-hydrogen) atoms. The van der Waals surface area contributed by atoms with Gasteiger partial charge in [0.05, 0.1) is 18.3 Å². The number of halogens is 2. The van der Waals surface area contributed by atoms with Crippen molar-refractivity contribution in [1.82, 2.24) is 15.2 Å². The second-order valence-electron chi connectivity index (χ2n) is 9.03. The molecule has 0 saturated carbocycles. The number of carbonyl (C=O) groups excluding carboxylic acids is 2. The molecule has 0 saturated heterocycles. The van der Waals surface area contributed by atoms with Gasteiger partial charge in [-0.2, -0.15) is 0 Å². The first-order chi connectivity index (χ1) is 19.2.